The highest BCUT2D eigenvalue weighted by atomic mass is 35.5. The van der Waals surface area contributed by atoms with E-state index in [1.165, 1.54) is 7.11 Å². The molecule has 0 N–H and O–H groups in total. The Morgan fingerprint density at radius 3 is 2.81 bits per heavy atom. The lowest BCUT2D eigenvalue weighted by Crippen LogP contribution is -2.56. The molecule has 184 valence electrons. The average molecular weight is 525 g/mol. The maximum absolute atomic E-state index is 13.4. The number of methoxy groups -OCH3 is 1. The zero-order valence-corrected chi connectivity index (χ0v) is 20.9. The molecule has 2 unspecified atom stereocenters. The highest BCUT2D eigenvalue weighted by molar-refractivity contribution is 6.33. The molecule has 6 heterocycles. The van der Waals surface area contributed by atoms with E-state index in [4.69, 9.17) is 37.7 Å². The Morgan fingerprint density at radius 1 is 1.14 bits per heavy atom. The number of carbonyl (C=O) groups excluding carboxylic acids is 1. The summed E-state index contributed by atoms with van der Waals surface area (Å²) in [6, 6.07) is 12.7. The number of piperazine rings is 1. The Hall–Kier alpha value is -3.24. The molecule has 0 saturated carbocycles. The van der Waals surface area contributed by atoms with E-state index in [1.807, 2.05) is 36.5 Å². The van der Waals surface area contributed by atoms with Crippen LogP contribution < -0.4 is 4.74 Å². The molecule has 36 heavy (non-hydrogen) atoms. The van der Waals surface area contributed by atoms with E-state index < -0.39 is 6.23 Å². The molecule has 2 aliphatic rings. The Kier molecular flexibility index (Phi) is 6.00. The van der Waals surface area contributed by atoms with E-state index in [0.29, 0.717) is 37.1 Å². The zero-order chi connectivity index (χ0) is 24.8. The third-order valence-corrected chi connectivity index (χ3v) is 7.04. The molecule has 0 spiro atoms. The van der Waals surface area contributed by atoms with Crippen LogP contribution in [-0.4, -0.2) is 74.1 Å². The van der Waals surface area contributed by atoms with Crippen molar-refractivity contribution in [1.82, 2.24) is 29.2 Å². The van der Waals surface area contributed by atoms with Gasteiger partial charge in [-0.1, -0.05) is 29.3 Å². The molecule has 0 aromatic carbocycles. The smallest absolute Gasteiger partial charge is 0.276 e. The van der Waals surface area contributed by atoms with Crippen molar-refractivity contribution in [3.05, 3.63) is 76.3 Å². The normalized spacial score (nSPS) is 19.7. The van der Waals surface area contributed by atoms with Crippen molar-refractivity contribution in [3.8, 4) is 17.3 Å². The summed E-state index contributed by atoms with van der Waals surface area (Å²) in [5.41, 5.74) is 3.58. The first-order valence-corrected chi connectivity index (χ1v) is 12.2. The first kappa shape index (κ1) is 23.2. The van der Waals surface area contributed by atoms with Crippen LogP contribution in [0.4, 0.5) is 0 Å². The van der Waals surface area contributed by atoms with Crippen molar-refractivity contribution in [1.29, 1.82) is 0 Å². The van der Waals surface area contributed by atoms with Crippen LogP contribution in [0.15, 0.2) is 54.9 Å². The predicted octanol–water partition coefficient (Wildman–Crippen LogP) is 3.79. The van der Waals surface area contributed by atoms with Gasteiger partial charge in [0.15, 0.2) is 5.69 Å². The summed E-state index contributed by atoms with van der Waals surface area (Å²) in [7, 11) is 1.50. The molecule has 11 heteroatoms. The van der Waals surface area contributed by atoms with Crippen molar-refractivity contribution < 1.29 is 14.3 Å². The molecule has 4 aromatic rings. The van der Waals surface area contributed by atoms with Crippen LogP contribution in [0.5, 0.6) is 5.88 Å². The maximum atomic E-state index is 13.4. The van der Waals surface area contributed by atoms with Crippen LogP contribution in [0.1, 0.15) is 16.2 Å². The van der Waals surface area contributed by atoms with Gasteiger partial charge in [0.2, 0.25) is 5.88 Å². The Labute approximate surface area is 217 Å². The van der Waals surface area contributed by atoms with Gasteiger partial charge in [-0.25, -0.2) is 9.97 Å². The van der Waals surface area contributed by atoms with Gasteiger partial charge >= 0.3 is 0 Å². The predicted molar refractivity (Wildman–Crippen MR) is 134 cm³/mol. The number of fused-ring (bicyclic) bond motifs is 3. The van der Waals surface area contributed by atoms with Crippen molar-refractivity contribution in [2.75, 3.05) is 26.8 Å². The number of ether oxygens (including phenoxy) is 2. The summed E-state index contributed by atoms with van der Waals surface area (Å²) in [5, 5.41) is 0.859. The second-order valence-corrected chi connectivity index (χ2v) is 9.57. The lowest BCUT2D eigenvalue weighted by atomic mass is 10.1. The van der Waals surface area contributed by atoms with Gasteiger partial charge in [0.05, 0.1) is 41.2 Å². The number of hydrogen-bond donors (Lipinski definition) is 0. The number of carbonyl (C=O) groups is 1. The standard InChI is InChI=1S/C25H22Cl2N6O3/c1-35-21-8-6-17(27)23(30-21)25(34)33-16-11-31(13-22(33)36-14-16)12-19-24(18-7-5-15(26)10-28-18)29-20-4-2-3-9-32(19)20/h2-10,16,22H,11-14H2,1H3. The summed E-state index contributed by atoms with van der Waals surface area (Å²) >= 11 is 12.4. The van der Waals surface area contributed by atoms with E-state index in [-0.39, 0.29) is 22.7 Å². The Bertz CT molecular complexity index is 1430. The second kappa shape index (κ2) is 9.33. The number of hydrogen-bond acceptors (Lipinski definition) is 7. The minimum Gasteiger partial charge on any atom is -0.481 e. The lowest BCUT2D eigenvalue weighted by molar-refractivity contribution is -0.0140. The molecule has 2 saturated heterocycles. The number of halogens is 2. The summed E-state index contributed by atoms with van der Waals surface area (Å²) < 4.78 is 13.3. The molecule has 1 amide bonds. The molecule has 9 nitrogen and oxygen atoms in total. The third kappa shape index (κ3) is 4.08. The topological polar surface area (TPSA) is 85.1 Å². The third-order valence-electron chi connectivity index (χ3n) is 6.51. The molecular weight excluding hydrogens is 503 g/mol. The number of nitrogens with zero attached hydrogens (tertiary/aromatic N) is 6. The highest BCUT2D eigenvalue weighted by Gasteiger charge is 2.45. The molecule has 2 aliphatic heterocycles. The van der Waals surface area contributed by atoms with Gasteiger partial charge in [-0.3, -0.25) is 14.7 Å². The monoisotopic (exact) mass is 524 g/mol. The minimum atomic E-state index is -0.406. The second-order valence-electron chi connectivity index (χ2n) is 8.73. The van der Waals surface area contributed by atoms with Crippen LogP contribution in [0, 0.1) is 0 Å². The zero-order valence-electron chi connectivity index (χ0n) is 19.3. The van der Waals surface area contributed by atoms with Crippen LogP contribution in [0.25, 0.3) is 17.0 Å². The number of pyridine rings is 3. The van der Waals surface area contributed by atoms with Gasteiger partial charge in [-0.05, 0) is 30.3 Å². The molecule has 6 rings (SSSR count). The number of aromatic nitrogens is 4. The van der Waals surface area contributed by atoms with E-state index in [9.17, 15) is 4.79 Å². The van der Waals surface area contributed by atoms with Gasteiger partial charge in [0.1, 0.15) is 17.6 Å². The van der Waals surface area contributed by atoms with Gasteiger partial charge in [-0.2, -0.15) is 0 Å². The largest absolute Gasteiger partial charge is 0.481 e. The van der Waals surface area contributed by atoms with Crippen molar-refractivity contribution in [2.24, 2.45) is 0 Å². The molecular formula is C25H22Cl2N6O3. The number of imidazole rings is 1. The van der Waals surface area contributed by atoms with Gasteiger partial charge < -0.3 is 18.8 Å². The van der Waals surface area contributed by atoms with Gasteiger partial charge in [-0.15, -0.1) is 0 Å². The number of amides is 1. The van der Waals surface area contributed by atoms with E-state index in [1.54, 1.807) is 23.2 Å². The van der Waals surface area contributed by atoms with E-state index >= 15 is 0 Å². The SMILES string of the molecule is COc1ccc(Cl)c(C(=O)N2C3COC2CN(Cc2c(-c4ccc(Cl)cn4)nc4ccccn24)C3)n1. The molecule has 2 atom stereocenters. The summed E-state index contributed by atoms with van der Waals surface area (Å²) in [6.45, 7) is 2.24. The number of rotatable bonds is 5. The summed E-state index contributed by atoms with van der Waals surface area (Å²) in [6.07, 6.45) is 3.22. The van der Waals surface area contributed by atoms with E-state index in [0.717, 1.165) is 22.7 Å². The average Bonchev–Trinajstić information content (AvgIpc) is 3.38. The van der Waals surface area contributed by atoms with Crippen molar-refractivity contribution in [2.45, 2.75) is 18.8 Å². The Balaban J connectivity index is 1.27. The van der Waals surface area contributed by atoms with E-state index in [2.05, 4.69) is 19.3 Å². The first-order chi connectivity index (χ1) is 17.5. The molecule has 2 bridgehead atoms. The lowest BCUT2D eigenvalue weighted by Gasteiger charge is -2.39. The van der Waals surface area contributed by atoms with Crippen LogP contribution >= 0.6 is 23.2 Å². The Morgan fingerprint density at radius 2 is 2.03 bits per heavy atom. The first-order valence-electron chi connectivity index (χ1n) is 11.5. The van der Waals surface area contributed by atoms with Gasteiger partial charge in [0, 0.05) is 38.1 Å². The minimum absolute atomic E-state index is 0.128. The van der Waals surface area contributed by atoms with Crippen LogP contribution in [0.2, 0.25) is 10.0 Å². The summed E-state index contributed by atoms with van der Waals surface area (Å²) in [5.74, 6) is 0.0810. The summed E-state index contributed by atoms with van der Waals surface area (Å²) in [4.78, 5) is 31.1. The molecule has 0 aliphatic carbocycles. The van der Waals surface area contributed by atoms with Crippen molar-refractivity contribution in [3.63, 3.8) is 0 Å². The maximum Gasteiger partial charge on any atom is 0.276 e. The van der Waals surface area contributed by atoms with Crippen LogP contribution in [-0.2, 0) is 11.3 Å². The highest BCUT2D eigenvalue weighted by Crippen LogP contribution is 2.31. The molecule has 2 fully saturated rings. The van der Waals surface area contributed by atoms with Crippen molar-refractivity contribution >= 4 is 34.8 Å². The molecule has 4 aromatic heterocycles. The molecule has 0 radical (unpaired) electrons. The van der Waals surface area contributed by atoms with Gasteiger partial charge in [0.25, 0.3) is 5.91 Å². The fourth-order valence-electron chi connectivity index (χ4n) is 4.86. The van der Waals surface area contributed by atoms with Crippen LogP contribution in [0.3, 0.4) is 0 Å². The fraction of sp³-hybridized carbons (Fsp3) is 0.280. The fourth-order valence-corrected chi connectivity index (χ4v) is 5.16. The quantitative estimate of drug-likeness (QED) is 0.392.